The van der Waals surface area contributed by atoms with E-state index < -0.39 is 0 Å². The molecule has 1 aliphatic rings. The first-order valence-corrected chi connectivity index (χ1v) is 11.8. The highest BCUT2D eigenvalue weighted by Gasteiger charge is 2.18. The van der Waals surface area contributed by atoms with Gasteiger partial charge < -0.3 is 4.74 Å². The van der Waals surface area contributed by atoms with Crippen LogP contribution in [0.4, 0.5) is 0 Å². The van der Waals surface area contributed by atoms with Gasteiger partial charge in [-0.1, -0.05) is 29.8 Å². The molecule has 0 saturated carbocycles. The Labute approximate surface area is 191 Å². The van der Waals surface area contributed by atoms with Crippen molar-refractivity contribution in [3.63, 3.8) is 0 Å². The molecule has 2 aromatic carbocycles. The van der Waals surface area contributed by atoms with Crippen molar-refractivity contribution in [1.29, 1.82) is 0 Å². The molecule has 0 bridgehead atoms. The zero-order valence-electron chi connectivity index (χ0n) is 18.4. The maximum atomic E-state index is 13.4. The molecule has 5 rings (SSSR count). The number of aromatic nitrogens is 3. The standard InChI is InChI=1S/C25H26N4O2S/c1-17-7-8-18(2)20(13-17)22-16-32-24(27-22)15-29-23(14-28-9-11-31-12-10-28)26-21-6-4-3-5-19(21)25(29)30/h3-8,13,16H,9-12,14-15H2,1-2H3. The lowest BCUT2D eigenvalue weighted by atomic mass is 10.0. The summed E-state index contributed by atoms with van der Waals surface area (Å²) in [5.41, 5.74) is 5.25. The van der Waals surface area contributed by atoms with Crippen LogP contribution in [0.3, 0.4) is 0 Å². The fourth-order valence-corrected chi connectivity index (χ4v) is 4.89. The molecule has 0 amide bonds. The highest BCUT2D eigenvalue weighted by molar-refractivity contribution is 7.09. The number of hydrogen-bond donors (Lipinski definition) is 0. The molecule has 0 atom stereocenters. The van der Waals surface area contributed by atoms with Crippen LogP contribution in [-0.2, 0) is 17.8 Å². The van der Waals surface area contributed by atoms with E-state index in [1.807, 2.05) is 24.3 Å². The zero-order chi connectivity index (χ0) is 22.1. The van der Waals surface area contributed by atoms with Gasteiger partial charge in [-0.15, -0.1) is 11.3 Å². The number of thiazole rings is 1. The van der Waals surface area contributed by atoms with Crippen molar-refractivity contribution in [1.82, 2.24) is 19.4 Å². The molecule has 0 unspecified atom stereocenters. The van der Waals surface area contributed by atoms with Crippen molar-refractivity contribution in [2.75, 3.05) is 26.3 Å². The summed E-state index contributed by atoms with van der Waals surface area (Å²) in [5, 5.41) is 3.63. The highest BCUT2D eigenvalue weighted by Crippen LogP contribution is 2.26. The summed E-state index contributed by atoms with van der Waals surface area (Å²) >= 11 is 1.59. The lowest BCUT2D eigenvalue weighted by Gasteiger charge is -2.27. The van der Waals surface area contributed by atoms with Crippen LogP contribution in [0.2, 0.25) is 0 Å². The Bertz CT molecular complexity index is 1320. The van der Waals surface area contributed by atoms with Crippen molar-refractivity contribution < 1.29 is 4.74 Å². The molecule has 6 nitrogen and oxygen atoms in total. The van der Waals surface area contributed by atoms with E-state index in [1.165, 1.54) is 11.1 Å². The number of para-hydroxylation sites is 1. The molecule has 164 valence electrons. The number of fused-ring (bicyclic) bond motifs is 1. The van der Waals surface area contributed by atoms with Crippen LogP contribution in [0.25, 0.3) is 22.2 Å². The molecule has 0 spiro atoms. The van der Waals surface area contributed by atoms with Gasteiger partial charge in [-0.05, 0) is 37.6 Å². The first-order valence-electron chi connectivity index (χ1n) is 10.9. The number of rotatable bonds is 5. The fourth-order valence-electron chi connectivity index (χ4n) is 4.11. The number of benzene rings is 2. The number of aryl methyl sites for hydroxylation is 2. The Morgan fingerprint density at radius 2 is 1.84 bits per heavy atom. The largest absolute Gasteiger partial charge is 0.379 e. The number of nitrogens with zero attached hydrogens (tertiary/aromatic N) is 4. The number of ether oxygens (including phenoxy) is 1. The Kier molecular flexibility index (Phi) is 5.87. The Balaban J connectivity index is 1.52. The highest BCUT2D eigenvalue weighted by atomic mass is 32.1. The zero-order valence-corrected chi connectivity index (χ0v) is 19.2. The van der Waals surface area contributed by atoms with Crippen molar-refractivity contribution in [3.8, 4) is 11.3 Å². The van der Waals surface area contributed by atoms with Gasteiger partial charge in [0.25, 0.3) is 5.56 Å². The average Bonchev–Trinajstić information content (AvgIpc) is 3.27. The first-order chi connectivity index (χ1) is 15.6. The smallest absolute Gasteiger partial charge is 0.261 e. The van der Waals surface area contributed by atoms with Crippen LogP contribution in [-0.4, -0.2) is 45.7 Å². The molecule has 0 aliphatic carbocycles. The van der Waals surface area contributed by atoms with E-state index in [0.717, 1.165) is 40.7 Å². The molecule has 0 radical (unpaired) electrons. The van der Waals surface area contributed by atoms with Gasteiger partial charge in [-0.3, -0.25) is 14.3 Å². The summed E-state index contributed by atoms with van der Waals surface area (Å²) in [5.74, 6) is 0.777. The van der Waals surface area contributed by atoms with Gasteiger partial charge in [-0.25, -0.2) is 9.97 Å². The predicted octanol–water partition coefficient (Wildman–Crippen LogP) is 4.02. The third-order valence-electron chi connectivity index (χ3n) is 5.92. The van der Waals surface area contributed by atoms with Crippen molar-refractivity contribution in [2.45, 2.75) is 26.9 Å². The SMILES string of the molecule is Cc1ccc(C)c(-c2csc(Cn3c(CN4CCOCC4)nc4ccccc4c3=O)n2)c1. The molecule has 0 N–H and O–H groups in total. The third-order valence-corrected chi connectivity index (χ3v) is 6.76. The van der Waals surface area contributed by atoms with E-state index in [9.17, 15) is 4.79 Å². The van der Waals surface area contributed by atoms with Gasteiger partial charge in [0, 0.05) is 24.0 Å². The fraction of sp³-hybridized carbons (Fsp3) is 0.320. The maximum Gasteiger partial charge on any atom is 0.261 e. The van der Waals surface area contributed by atoms with Crippen LogP contribution >= 0.6 is 11.3 Å². The second kappa shape index (κ2) is 8.94. The summed E-state index contributed by atoms with van der Waals surface area (Å²) in [6.07, 6.45) is 0. The molecule has 7 heteroatoms. The minimum absolute atomic E-state index is 0.0117. The minimum Gasteiger partial charge on any atom is -0.379 e. The van der Waals surface area contributed by atoms with E-state index in [0.29, 0.717) is 31.7 Å². The lowest BCUT2D eigenvalue weighted by Crippen LogP contribution is -2.38. The van der Waals surface area contributed by atoms with Crippen LogP contribution < -0.4 is 5.56 Å². The number of morpholine rings is 1. The molecule has 3 heterocycles. The monoisotopic (exact) mass is 446 g/mol. The second-order valence-electron chi connectivity index (χ2n) is 8.27. The first kappa shape index (κ1) is 21.0. The molecule has 2 aromatic heterocycles. The van der Waals surface area contributed by atoms with Gasteiger partial charge >= 0.3 is 0 Å². The predicted molar refractivity (Wildman–Crippen MR) is 128 cm³/mol. The summed E-state index contributed by atoms with van der Waals surface area (Å²) in [6.45, 7) is 8.35. The topological polar surface area (TPSA) is 60.2 Å². The molecular weight excluding hydrogens is 420 g/mol. The Morgan fingerprint density at radius 3 is 2.69 bits per heavy atom. The summed E-state index contributed by atoms with van der Waals surface area (Å²) < 4.78 is 7.28. The summed E-state index contributed by atoms with van der Waals surface area (Å²) in [7, 11) is 0. The average molecular weight is 447 g/mol. The molecule has 4 aromatic rings. The molecule has 1 fully saturated rings. The normalized spacial score (nSPS) is 14.8. The minimum atomic E-state index is -0.0117. The van der Waals surface area contributed by atoms with Gasteiger partial charge in [0.1, 0.15) is 10.8 Å². The summed E-state index contributed by atoms with van der Waals surface area (Å²) in [4.78, 5) is 25.5. The third kappa shape index (κ3) is 4.24. The Hall–Kier alpha value is -2.87. The van der Waals surface area contributed by atoms with E-state index >= 15 is 0 Å². The number of hydrogen-bond acceptors (Lipinski definition) is 6. The molecule has 1 saturated heterocycles. The van der Waals surface area contributed by atoms with Gasteiger partial charge in [0.2, 0.25) is 0 Å². The van der Waals surface area contributed by atoms with Crippen molar-refractivity contribution >= 4 is 22.2 Å². The Morgan fingerprint density at radius 1 is 1.03 bits per heavy atom. The quantitative estimate of drug-likeness (QED) is 0.463. The van der Waals surface area contributed by atoms with Crippen LogP contribution in [0.15, 0.2) is 52.6 Å². The van der Waals surface area contributed by atoms with Crippen LogP contribution in [0, 0.1) is 13.8 Å². The maximum absolute atomic E-state index is 13.4. The van der Waals surface area contributed by atoms with Gasteiger partial charge in [0.15, 0.2) is 0 Å². The van der Waals surface area contributed by atoms with E-state index in [-0.39, 0.29) is 5.56 Å². The molecular formula is C25H26N4O2S. The van der Waals surface area contributed by atoms with Gasteiger partial charge in [0.05, 0.1) is 42.9 Å². The second-order valence-corrected chi connectivity index (χ2v) is 9.21. The van der Waals surface area contributed by atoms with Crippen LogP contribution in [0.5, 0.6) is 0 Å². The van der Waals surface area contributed by atoms with Crippen molar-refractivity contribution in [3.05, 3.63) is 80.2 Å². The van der Waals surface area contributed by atoms with Crippen molar-refractivity contribution in [2.24, 2.45) is 0 Å². The lowest BCUT2D eigenvalue weighted by molar-refractivity contribution is 0.0325. The van der Waals surface area contributed by atoms with E-state index in [4.69, 9.17) is 14.7 Å². The van der Waals surface area contributed by atoms with E-state index in [2.05, 4.69) is 42.3 Å². The van der Waals surface area contributed by atoms with E-state index in [1.54, 1.807) is 15.9 Å². The summed E-state index contributed by atoms with van der Waals surface area (Å²) in [6, 6.07) is 14.0. The van der Waals surface area contributed by atoms with Crippen LogP contribution in [0.1, 0.15) is 22.0 Å². The molecule has 32 heavy (non-hydrogen) atoms. The van der Waals surface area contributed by atoms with Gasteiger partial charge in [-0.2, -0.15) is 0 Å². The molecule has 1 aliphatic heterocycles.